The maximum Gasteiger partial charge on any atom is 0.203 e. The highest BCUT2D eigenvalue weighted by Gasteiger charge is 1.95. The van der Waals surface area contributed by atoms with Gasteiger partial charge in [0.1, 0.15) is 5.82 Å². The summed E-state index contributed by atoms with van der Waals surface area (Å²) >= 11 is 1.43. The molecule has 1 aromatic carbocycles. The Hall–Kier alpha value is -1.75. The predicted molar refractivity (Wildman–Crippen MR) is 59.7 cm³/mol. The molecule has 0 spiro atoms. The van der Waals surface area contributed by atoms with Crippen LogP contribution in [0.2, 0.25) is 0 Å². The van der Waals surface area contributed by atoms with E-state index >= 15 is 0 Å². The van der Waals surface area contributed by atoms with Gasteiger partial charge in [-0.15, -0.1) is 11.3 Å². The van der Waals surface area contributed by atoms with Crippen molar-refractivity contribution in [3.8, 4) is 0 Å². The number of hydrogen-bond donors (Lipinski definition) is 1. The number of benzene rings is 1. The molecule has 1 N–H and O–H groups in total. The Labute approximate surface area is 90.3 Å². The van der Waals surface area contributed by atoms with Gasteiger partial charge in [-0.1, -0.05) is 18.2 Å². The number of aromatic nitrogens is 1. The van der Waals surface area contributed by atoms with E-state index in [4.69, 9.17) is 0 Å². The van der Waals surface area contributed by atoms with Crippen molar-refractivity contribution in [3.05, 3.63) is 47.2 Å². The summed E-state index contributed by atoms with van der Waals surface area (Å²) in [5.74, 6) is -0.290. The lowest BCUT2D eigenvalue weighted by molar-refractivity contribution is 0.626. The minimum absolute atomic E-state index is 0.290. The third kappa shape index (κ3) is 2.60. The molecule has 1 heterocycles. The first-order chi connectivity index (χ1) is 7.36. The lowest BCUT2D eigenvalue weighted by Gasteiger charge is -1.95. The number of nitrogens with zero attached hydrogens (tertiary/aromatic N) is 2. The molecule has 0 atom stereocenters. The second-order valence-corrected chi connectivity index (χ2v) is 3.62. The topological polar surface area (TPSA) is 37.3 Å². The van der Waals surface area contributed by atoms with Crippen molar-refractivity contribution in [2.45, 2.75) is 0 Å². The second kappa shape index (κ2) is 4.65. The molecule has 0 saturated carbocycles. The Kier molecular flexibility index (Phi) is 3.04. The van der Waals surface area contributed by atoms with Gasteiger partial charge in [0, 0.05) is 17.1 Å². The molecule has 2 aromatic rings. The molecule has 0 aliphatic rings. The average molecular weight is 221 g/mol. The summed E-state index contributed by atoms with van der Waals surface area (Å²) in [5.41, 5.74) is 3.16. The molecule has 0 amide bonds. The summed E-state index contributed by atoms with van der Waals surface area (Å²) in [6.45, 7) is 0. The summed E-state index contributed by atoms with van der Waals surface area (Å²) in [5, 5.41) is 6.40. The van der Waals surface area contributed by atoms with Gasteiger partial charge in [-0.05, 0) is 6.07 Å². The number of hydrazone groups is 1. The van der Waals surface area contributed by atoms with Gasteiger partial charge in [0.25, 0.3) is 0 Å². The second-order valence-electron chi connectivity index (χ2n) is 2.73. The van der Waals surface area contributed by atoms with Crippen molar-refractivity contribution < 1.29 is 4.39 Å². The minimum Gasteiger partial charge on any atom is -0.253 e. The Bertz CT molecular complexity index is 453. The molecule has 0 bridgehead atoms. The van der Waals surface area contributed by atoms with Crippen molar-refractivity contribution in [1.82, 2.24) is 4.98 Å². The van der Waals surface area contributed by atoms with E-state index in [1.807, 2.05) is 5.38 Å². The van der Waals surface area contributed by atoms with E-state index in [1.165, 1.54) is 23.6 Å². The first-order valence-corrected chi connectivity index (χ1v) is 5.17. The van der Waals surface area contributed by atoms with Crippen LogP contribution >= 0.6 is 11.3 Å². The molecule has 0 aliphatic heterocycles. The van der Waals surface area contributed by atoms with E-state index < -0.39 is 0 Å². The van der Waals surface area contributed by atoms with Gasteiger partial charge >= 0.3 is 0 Å². The summed E-state index contributed by atoms with van der Waals surface area (Å²) in [6.07, 6.45) is 3.10. The summed E-state index contributed by atoms with van der Waals surface area (Å²) in [6, 6.07) is 6.45. The van der Waals surface area contributed by atoms with Crippen LogP contribution in [-0.2, 0) is 0 Å². The van der Waals surface area contributed by atoms with Crippen molar-refractivity contribution in [1.29, 1.82) is 0 Å². The molecule has 5 heteroatoms. The van der Waals surface area contributed by atoms with Gasteiger partial charge in [-0.3, -0.25) is 5.43 Å². The molecule has 0 radical (unpaired) electrons. The Morgan fingerprint density at radius 2 is 2.27 bits per heavy atom. The van der Waals surface area contributed by atoms with Crippen LogP contribution in [0.25, 0.3) is 0 Å². The highest BCUT2D eigenvalue weighted by atomic mass is 32.1. The molecule has 0 saturated heterocycles. The summed E-state index contributed by atoms with van der Waals surface area (Å²) in [4.78, 5) is 3.97. The van der Waals surface area contributed by atoms with E-state index in [-0.39, 0.29) is 5.82 Å². The number of anilines is 1. The molecule has 1 aromatic heterocycles. The number of thiazole rings is 1. The van der Waals surface area contributed by atoms with Crippen LogP contribution in [0.15, 0.2) is 40.9 Å². The average Bonchev–Trinajstić information content (AvgIpc) is 2.74. The lowest BCUT2D eigenvalue weighted by atomic mass is 10.2. The van der Waals surface area contributed by atoms with Gasteiger partial charge in [0.2, 0.25) is 5.13 Å². The van der Waals surface area contributed by atoms with E-state index in [0.717, 1.165) is 0 Å². The normalized spacial score (nSPS) is 10.7. The lowest BCUT2D eigenvalue weighted by Crippen LogP contribution is -1.91. The number of nitrogens with one attached hydrogen (secondary N) is 1. The van der Waals surface area contributed by atoms with Gasteiger partial charge in [0.15, 0.2) is 0 Å². The first-order valence-electron chi connectivity index (χ1n) is 4.29. The van der Waals surface area contributed by atoms with Crippen molar-refractivity contribution in [2.24, 2.45) is 5.10 Å². The fourth-order valence-corrected chi connectivity index (χ4v) is 1.49. The Morgan fingerprint density at radius 3 is 3.00 bits per heavy atom. The largest absolute Gasteiger partial charge is 0.253 e. The zero-order chi connectivity index (χ0) is 10.5. The standard InChI is InChI=1S/C10H8FN3S/c11-9-4-2-1-3-8(9)7-13-14-10-12-5-6-15-10/h1-7H,(H,12,14). The molecule has 76 valence electrons. The van der Waals surface area contributed by atoms with Crippen LogP contribution in [0.4, 0.5) is 9.52 Å². The Balaban J connectivity index is 2.03. The van der Waals surface area contributed by atoms with Crippen molar-refractivity contribution in [2.75, 3.05) is 5.43 Å². The maximum absolute atomic E-state index is 13.1. The first kappa shape index (κ1) is 9.79. The highest BCUT2D eigenvalue weighted by molar-refractivity contribution is 7.13. The van der Waals surface area contributed by atoms with Gasteiger partial charge < -0.3 is 0 Å². The van der Waals surface area contributed by atoms with Crippen LogP contribution in [0, 0.1) is 5.82 Å². The van der Waals surface area contributed by atoms with Gasteiger partial charge in [0.05, 0.1) is 6.21 Å². The van der Waals surface area contributed by atoms with Crippen LogP contribution < -0.4 is 5.43 Å². The van der Waals surface area contributed by atoms with Crippen LogP contribution in [0.3, 0.4) is 0 Å². The van der Waals surface area contributed by atoms with E-state index in [0.29, 0.717) is 10.7 Å². The third-order valence-electron chi connectivity index (χ3n) is 1.70. The minimum atomic E-state index is -0.290. The molecule has 15 heavy (non-hydrogen) atoms. The number of rotatable bonds is 3. The third-order valence-corrected chi connectivity index (χ3v) is 2.38. The zero-order valence-corrected chi connectivity index (χ0v) is 8.54. The van der Waals surface area contributed by atoms with E-state index in [9.17, 15) is 4.39 Å². The maximum atomic E-state index is 13.1. The smallest absolute Gasteiger partial charge is 0.203 e. The fraction of sp³-hybridized carbons (Fsp3) is 0. The van der Waals surface area contributed by atoms with Crippen LogP contribution in [-0.4, -0.2) is 11.2 Å². The highest BCUT2D eigenvalue weighted by Crippen LogP contribution is 2.10. The van der Waals surface area contributed by atoms with Crippen molar-refractivity contribution >= 4 is 22.7 Å². The molecule has 0 unspecified atom stereocenters. The van der Waals surface area contributed by atoms with Gasteiger partial charge in [-0.2, -0.15) is 5.10 Å². The predicted octanol–water partition coefficient (Wildman–Crippen LogP) is 2.73. The summed E-state index contributed by atoms with van der Waals surface area (Å²) < 4.78 is 13.1. The molecule has 0 fully saturated rings. The Morgan fingerprint density at radius 1 is 1.40 bits per heavy atom. The molecule has 3 nitrogen and oxygen atoms in total. The van der Waals surface area contributed by atoms with Crippen LogP contribution in [0.1, 0.15) is 5.56 Å². The van der Waals surface area contributed by atoms with Crippen molar-refractivity contribution in [3.63, 3.8) is 0 Å². The summed E-state index contributed by atoms with van der Waals surface area (Å²) in [7, 11) is 0. The van der Waals surface area contributed by atoms with Gasteiger partial charge in [-0.25, -0.2) is 9.37 Å². The fourth-order valence-electron chi connectivity index (χ4n) is 1.02. The quantitative estimate of drug-likeness (QED) is 0.639. The molecular weight excluding hydrogens is 213 g/mol. The van der Waals surface area contributed by atoms with Crippen LogP contribution in [0.5, 0.6) is 0 Å². The molecular formula is C10H8FN3S. The van der Waals surface area contributed by atoms with E-state index in [1.54, 1.807) is 24.4 Å². The monoisotopic (exact) mass is 221 g/mol. The number of hydrogen-bond acceptors (Lipinski definition) is 4. The van der Waals surface area contributed by atoms with E-state index in [2.05, 4.69) is 15.5 Å². The zero-order valence-electron chi connectivity index (χ0n) is 7.72. The number of halogens is 1. The molecule has 0 aliphatic carbocycles. The SMILES string of the molecule is Fc1ccccc1C=NNc1nccs1. The molecule has 2 rings (SSSR count).